The van der Waals surface area contributed by atoms with E-state index >= 15 is 0 Å². The molecule has 0 aliphatic rings. The van der Waals surface area contributed by atoms with E-state index < -0.39 is 17.6 Å². The molecule has 0 saturated heterocycles. The molecule has 0 aromatic heterocycles. The van der Waals surface area contributed by atoms with E-state index in [0.717, 1.165) is 12.1 Å². The van der Waals surface area contributed by atoms with E-state index in [4.69, 9.17) is 0 Å². The van der Waals surface area contributed by atoms with Crippen molar-refractivity contribution in [2.45, 2.75) is 13.1 Å². The van der Waals surface area contributed by atoms with Gasteiger partial charge in [0.2, 0.25) is 5.91 Å². The molecule has 16 heavy (non-hydrogen) atoms. The molecular formula is C11H10F3NO. The predicted octanol–water partition coefficient (Wildman–Crippen LogP) is 3.22. The van der Waals surface area contributed by atoms with Gasteiger partial charge in [-0.3, -0.25) is 4.79 Å². The lowest BCUT2D eigenvalue weighted by Gasteiger charge is -2.12. The van der Waals surface area contributed by atoms with Gasteiger partial charge in [-0.25, -0.2) is 0 Å². The van der Waals surface area contributed by atoms with Crippen LogP contribution in [0.25, 0.3) is 0 Å². The second-order valence-electron chi connectivity index (χ2n) is 3.03. The highest BCUT2D eigenvalue weighted by Crippen LogP contribution is 2.34. The summed E-state index contributed by atoms with van der Waals surface area (Å²) in [5.74, 6) is -0.584. The summed E-state index contributed by atoms with van der Waals surface area (Å²) in [4.78, 5) is 11.1. The van der Waals surface area contributed by atoms with Crippen molar-refractivity contribution < 1.29 is 18.0 Å². The summed E-state index contributed by atoms with van der Waals surface area (Å²) >= 11 is 0. The average Bonchev–Trinajstić information content (AvgIpc) is 2.17. The summed E-state index contributed by atoms with van der Waals surface area (Å²) in [7, 11) is 0. The van der Waals surface area contributed by atoms with E-state index in [9.17, 15) is 18.0 Å². The molecule has 0 atom stereocenters. The van der Waals surface area contributed by atoms with Gasteiger partial charge in [-0.15, -0.1) is 0 Å². The number of hydrogen-bond acceptors (Lipinski definition) is 1. The van der Waals surface area contributed by atoms with Gasteiger partial charge in [0.25, 0.3) is 0 Å². The van der Waals surface area contributed by atoms with Gasteiger partial charge < -0.3 is 5.32 Å². The zero-order valence-corrected chi connectivity index (χ0v) is 8.51. The molecule has 2 nitrogen and oxygen atoms in total. The maximum absolute atomic E-state index is 12.5. The van der Waals surface area contributed by atoms with Gasteiger partial charge in [0.15, 0.2) is 0 Å². The lowest BCUT2D eigenvalue weighted by atomic mass is 10.1. The van der Waals surface area contributed by atoms with Crippen LogP contribution in [0.5, 0.6) is 0 Å². The molecule has 1 N–H and O–H groups in total. The van der Waals surface area contributed by atoms with Crippen molar-refractivity contribution in [1.82, 2.24) is 0 Å². The lowest BCUT2D eigenvalue weighted by molar-refractivity contribution is -0.136. The van der Waals surface area contributed by atoms with E-state index in [1.807, 2.05) is 0 Å². The Hall–Kier alpha value is -1.78. The van der Waals surface area contributed by atoms with Crippen LogP contribution in [0.3, 0.4) is 0 Å². The second kappa shape index (κ2) is 4.83. The number of anilines is 1. The maximum Gasteiger partial charge on any atom is 0.418 e. The average molecular weight is 229 g/mol. The van der Waals surface area contributed by atoms with Crippen LogP contribution in [0.1, 0.15) is 12.5 Å². The summed E-state index contributed by atoms with van der Waals surface area (Å²) < 4.78 is 37.5. The molecule has 0 fully saturated rings. The van der Waals surface area contributed by atoms with Gasteiger partial charge in [-0.1, -0.05) is 18.2 Å². The minimum Gasteiger partial charge on any atom is -0.322 e. The van der Waals surface area contributed by atoms with Crippen molar-refractivity contribution in [3.8, 4) is 0 Å². The molecule has 1 amide bonds. The maximum atomic E-state index is 12.5. The van der Waals surface area contributed by atoms with Gasteiger partial charge in [-0.2, -0.15) is 13.2 Å². The third kappa shape index (κ3) is 3.12. The molecule has 0 radical (unpaired) electrons. The molecule has 0 saturated carbocycles. The number of halogens is 3. The fourth-order valence-corrected chi connectivity index (χ4v) is 1.17. The van der Waals surface area contributed by atoms with E-state index in [2.05, 4.69) is 5.32 Å². The SMILES string of the molecule is CC=CC(=O)Nc1ccccc1C(F)(F)F. The number of para-hydroxylation sites is 1. The number of nitrogens with one attached hydrogen (secondary N) is 1. The summed E-state index contributed by atoms with van der Waals surface area (Å²) in [5, 5.41) is 2.17. The molecule has 1 rings (SSSR count). The normalized spacial score (nSPS) is 11.8. The lowest BCUT2D eigenvalue weighted by Crippen LogP contribution is -2.14. The number of rotatable bonds is 2. The number of benzene rings is 1. The van der Waals surface area contributed by atoms with Crippen LogP contribution in [-0.4, -0.2) is 5.91 Å². The van der Waals surface area contributed by atoms with Crippen LogP contribution in [0.4, 0.5) is 18.9 Å². The first-order valence-electron chi connectivity index (χ1n) is 4.55. The summed E-state index contributed by atoms with van der Waals surface area (Å²) in [6.45, 7) is 1.61. The number of alkyl halides is 3. The van der Waals surface area contributed by atoms with Gasteiger partial charge in [0.05, 0.1) is 11.3 Å². The van der Waals surface area contributed by atoms with Crippen LogP contribution >= 0.6 is 0 Å². The predicted molar refractivity (Wildman–Crippen MR) is 54.9 cm³/mol. The first-order valence-corrected chi connectivity index (χ1v) is 4.55. The Labute approximate surface area is 90.8 Å². The number of allylic oxidation sites excluding steroid dienone is 1. The van der Waals surface area contributed by atoms with Crippen molar-refractivity contribution in [3.63, 3.8) is 0 Å². The second-order valence-corrected chi connectivity index (χ2v) is 3.03. The summed E-state index contributed by atoms with van der Waals surface area (Å²) in [6, 6.07) is 4.84. The molecular weight excluding hydrogens is 219 g/mol. The molecule has 86 valence electrons. The third-order valence-electron chi connectivity index (χ3n) is 1.81. The van der Waals surface area contributed by atoms with Crippen molar-refractivity contribution in [3.05, 3.63) is 42.0 Å². The van der Waals surface area contributed by atoms with Gasteiger partial charge in [-0.05, 0) is 25.1 Å². The van der Waals surface area contributed by atoms with E-state index in [1.54, 1.807) is 6.92 Å². The van der Waals surface area contributed by atoms with Crippen LogP contribution in [0, 0.1) is 0 Å². The molecule has 1 aromatic rings. The van der Waals surface area contributed by atoms with Crippen LogP contribution in [0.2, 0.25) is 0 Å². The van der Waals surface area contributed by atoms with Crippen LogP contribution in [0.15, 0.2) is 36.4 Å². The minimum absolute atomic E-state index is 0.238. The number of carbonyl (C=O) groups excluding carboxylic acids is 1. The fourth-order valence-electron chi connectivity index (χ4n) is 1.17. The quantitative estimate of drug-likeness (QED) is 0.775. The Kier molecular flexibility index (Phi) is 3.71. The Morgan fingerprint density at radius 1 is 1.31 bits per heavy atom. The van der Waals surface area contributed by atoms with Crippen molar-refractivity contribution in [2.75, 3.05) is 5.32 Å². The Balaban J connectivity index is 3.01. The highest BCUT2D eigenvalue weighted by atomic mass is 19.4. The Bertz CT molecular complexity index is 410. The fraction of sp³-hybridized carbons (Fsp3) is 0.182. The van der Waals surface area contributed by atoms with E-state index in [-0.39, 0.29) is 5.69 Å². The standard InChI is InChI=1S/C11H10F3NO/c1-2-5-10(16)15-9-7-4-3-6-8(9)11(12,13)14/h2-7H,1H3,(H,15,16). The molecule has 1 aromatic carbocycles. The molecule has 5 heteroatoms. The summed E-state index contributed by atoms with van der Waals surface area (Å²) in [6.07, 6.45) is -1.86. The van der Waals surface area contributed by atoms with Crippen LogP contribution < -0.4 is 5.32 Å². The number of amides is 1. The zero-order chi connectivity index (χ0) is 12.2. The zero-order valence-electron chi connectivity index (χ0n) is 8.51. The van der Waals surface area contributed by atoms with Gasteiger partial charge in [0.1, 0.15) is 0 Å². The smallest absolute Gasteiger partial charge is 0.322 e. The Morgan fingerprint density at radius 3 is 2.50 bits per heavy atom. The third-order valence-corrected chi connectivity index (χ3v) is 1.81. The Morgan fingerprint density at radius 2 is 1.94 bits per heavy atom. The number of carbonyl (C=O) groups is 1. The number of hydrogen-bond donors (Lipinski definition) is 1. The van der Waals surface area contributed by atoms with Crippen molar-refractivity contribution >= 4 is 11.6 Å². The first-order chi connectivity index (χ1) is 7.45. The molecule has 0 heterocycles. The van der Waals surface area contributed by atoms with Gasteiger partial charge in [0, 0.05) is 0 Å². The van der Waals surface area contributed by atoms with Crippen molar-refractivity contribution in [2.24, 2.45) is 0 Å². The van der Waals surface area contributed by atoms with E-state index in [0.29, 0.717) is 0 Å². The molecule has 0 unspecified atom stereocenters. The molecule has 0 bridgehead atoms. The highest BCUT2D eigenvalue weighted by Gasteiger charge is 2.33. The van der Waals surface area contributed by atoms with Crippen LogP contribution in [-0.2, 0) is 11.0 Å². The summed E-state index contributed by atoms with van der Waals surface area (Å²) in [5.41, 5.74) is -1.09. The van der Waals surface area contributed by atoms with Gasteiger partial charge >= 0.3 is 6.18 Å². The topological polar surface area (TPSA) is 29.1 Å². The van der Waals surface area contributed by atoms with Crippen molar-refractivity contribution in [1.29, 1.82) is 0 Å². The largest absolute Gasteiger partial charge is 0.418 e. The monoisotopic (exact) mass is 229 g/mol. The minimum atomic E-state index is -4.47. The molecule has 0 aliphatic heterocycles. The molecule has 0 spiro atoms. The molecule has 0 aliphatic carbocycles. The van der Waals surface area contributed by atoms with E-state index in [1.165, 1.54) is 24.3 Å². The highest BCUT2D eigenvalue weighted by molar-refractivity contribution is 5.99. The first kappa shape index (κ1) is 12.3.